The van der Waals surface area contributed by atoms with E-state index in [1.54, 1.807) is 6.92 Å². The van der Waals surface area contributed by atoms with E-state index < -0.39 is 5.41 Å². The van der Waals surface area contributed by atoms with Gasteiger partial charge in [-0.15, -0.1) is 0 Å². The van der Waals surface area contributed by atoms with Crippen LogP contribution in [0.4, 0.5) is 4.39 Å². The smallest absolute Gasteiger partial charge is 0.310 e. The van der Waals surface area contributed by atoms with E-state index in [9.17, 15) is 14.4 Å². The number of rotatable bonds is 4. The molecule has 22 heavy (non-hydrogen) atoms. The molecule has 0 bridgehead atoms. The lowest BCUT2D eigenvalue weighted by Gasteiger charge is -2.34. The van der Waals surface area contributed by atoms with E-state index in [0.717, 1.165) is 0 Å². The van der Waals surface area contributed by atoms with Gasteiger partial charge in [0.2, 0.25) is 0 Å². The van der Waals surface area contributed by atoms with Crippen molar-refractivity contribution < 1.29 is 13.9 Å². The molecule has 1 aliphatic heterocycles. The van der Waals surface area contributed by atoms with Gasteiger partial charge in [0.25, 0.3) is 0 Å². The summed E-state index contributed by atoms with van der Waals surface area (Å²) in [5.41, 5.74) is 0.229. The molecule has 0 aliphatic carbocycles. The van der Waals surface area contributed by atoms with Crippen LogP contribution in [0.3, 0.4) is 0 Å². The van der Waals surface area contributed by atoms with Crippen LogP contribution < -0.4 is 10.1 Å². The molecule has 0 aromatic heterocycles. The Bertz CT molecular complexity index is 601. The minimum Gasteiger partial charge on any atom is -0.426 e. The quantitative estimate of drug-likeness (QED) is 0.686. The summed E-state index contributed by atoms with van der Waals surface area (Å²) in [4.78, 5) is 11.7. The van der Waals surface area contributed by atoms with E-state index >= 15 is 0 Å². The van der Waals surface area contributed by atoms with Crippen LogP contribution >= 0.6 is 0 Å². The van der Waals surface area contributed by atoms with Crippen molar-refractivity contribution in [2.45, 2.75) is 44.9 Å². The van der Waals surface area contributed by atoms with Crippen LogP contribution in [-0.2, 0) is 16.6 Å². The number of ether oxygens (including phenoxy) is 1. The summed E-state index contributed by atoms with van der Waals surface area (Å²) < 4.78 is 19.6. The highest BCUT2D eigenvalue weighted by molar-refractivity contribution is 5.73. The van der Waals surface area contributed by atoms with E-state index in [1.807, 2.05) is 6.92 Å². The fraction of sp³-hybridized carbons (Fsp3) is 0.529. The number of halogens is 1. The molecule has 1 aliphatic rings. The average Bonchev–Trinajstić information content (AvgIpc) is 2.56. The molecule has 1 fully saturated rings. The first kappa shape index (κ1) is 16.4. The SMILES string of the molecule is CCC(=O)Oc1ccc(F)c(CC)c1C1(C#N)CCNCC1. The predicted octanol–water partition coefficient (Wildman–Crippen LogP) is 2.85. The molecule has 2 rings (SSSR count). The molecule has 5 heteroatoms. The van der Waals surface area contributed by atoms with Gasteiger partial charge in [0.15, 0.2) is 0 Å². The largest absolute Gasteiger partial charge is 0.426 e. The lowest BCUT2D eigenvalue weighted by Crippen LogP contribution is -2.40. The van der Waals surface area contributed by atoms with Crippen LogP contribution in [0.25, 0.3) is 0 Å². The first-order valence-electron chi connectivity index (χ1n) is 7.72. The number of carbonyl (C=O) groups excluding carboxylic acids is 1. The second-order valence-corrected chi connectivity index (χ2v) is 5.52. The zero-order chi connectivity index (χ0) is 16.2. The lowest BCUT2D eigenvalue weighted by atomic mass is 9.72. The van der Waals surface area contributed by atoms with Gasteiger partial charge in [0.05, 0.1) is 11.5 Å². The third-order valence-electron chi connectivity index (χ3n) is 4.23. The van der Waals surface area contributed by atoms with E-state index in [2.05, 4.69) is 11.4 Å². The van der Waals surface area contributed by atoms with Crippen LogP contribution in [0.1, 0.15) is 44.2 Å². The van der Waals surface area contributed by atoms with Gasteiger partial charge in [0.1, 0.15) is 11.6 Å². The van der Waals surface area contributed by atoms with Crippen molar-refractivity contribution in [3.8, 4) is 11.8 Å². The molecule has 1 heterocycles. The first-order valence-corrected chi connectivity index (χ1v) is 7.72. The zero-order valence-corrected chi connectivity index (χ0v) is 13.0. The second-order valence-electron chi connectivity index (χ2n) is 5.52. The molecule has 0 saturated carbocycles. The second kappa shape index (κ2) is 6.89. The molecule has 1 aromatic rings. The summed E-state index contributed by atoms with van der Waals surface area (Å²) in [5.74, 6) is -0.396. The molecule has 1 N–H and O–H groups in total. The van der Waals surface area contributed by atoms with Crippen molar-refractivity contribution in [3.05, 3.63) is 29.1 Å². The van der Waals surface area contributed by atoms with Crippen molar-refractivity contribution in [2.75, 3.05) is 13.1 Å². The Kier molecular flexibility index (Phi) is 5.15. The third kappa shape index (κ3) is 2.97. The van der Waals surface area contributed by atoms with Crippen LogP contribution in [0, 0.1) is 17.1 Å². The van der Waals surface area contributed by atoms with Gasteiger partial charge in [0, 0.05) is 12.0 Å². The maximum Gasteiger partial charge on any atom is 0.310 e. The molecular formula is C17H21FN2O2. The number of benzene rings is 1. The highest BCUT2D eigenvalue weighted by atomic mass is 19.1. The Labute approximate surface area is 130 Å². The van der Waals surface area contributed by atoms with E-state index in [1.165, 1.54) is 12.1 Å². The van der Waals surface area contributed by atoms with Gasteiger partial charge >= 0.3 is 5.97 Å². The number of nitrogens with zero attached hydrogens (tertiary/aromatic N) is 1. The summed E-state index contributed by atoms with van der Waals surface area (Å²) in [7, 11) is 0. The Morgan fingerprint density at radius 1 is 1.41 bits per heavy atom. The monoisotopic (exact) mass is 304 g/mol. The number of carbonyl (C=O) groups is 1. The van der Waals surface area contributed by atoms with E-state index in [-0.39, 0.29) is 18.2 Å². The minimum absolute atomic E-state index is 0.235. The Morgan fingerprint density at radius 3 is 2.64 bits per heavy atom. The number of hydrogen-bond donors (Lipinski definition) is 1. The molecule has 118 valence electrons. The van der Waals surface area contributed by atoms with Gasteiger partial charge in [-0.25, -0.2) is 4.39 Å². The summed E-state index contributed by atoms with van der Waals surface area (Å²) in [6, 6.07) is 5.15. The fourth-order valence-corrected chi connectivity index (χ4v) is 3.02. The molecular weight excluding hydrogens is 283 g/mol. The highest BCUT2D eigenvalue weighted by Gasteiger charge is 2.39. The van der Waals surface area contributed by atoms with Crippen LogP contribution in [0.2, 0.25) is 0 Å². The van der Waals surface area contributed by atoms with Crippen LogP contribution in [-0.4, -0.2) is 19.1 Å². The molecule has 0 atom stereocenters. The van der Waals surface area contributed by atoms with Gasteiger partial charge in [-0.1, -0.05) is 13.8 Å². The molecule has 0 unspecified atom stereocenters. The molecule has 4 nitrogen and oxygen atoms in total. The van der Waals surface area contributed by atoms with Crippen LogP contribution in [0.5, 0.6) is 5.75 Å². The van der Waals surface area contributed by atoms with Crippen molar-refractivity contribution >= 4 is 5.97 Å². The summed E-state index contributed by atoms with van der Waals surface area (Å²) in [5, 5.41) is 13.0. The number of hydrogen-bond acceptors (Lipinski definition) is 4. The van der Waals surface area contributed by atoms with E-state index in [0.29, 0.717) is 49.2 Å². The summed E-state index contributed by atoms with van der Waals surface area (Å²) in [6.07, 6.45) is 1.85. The number of nitrogens with one attached hydrogen (secondary N) is 1. The van der Waals surface area contributed by atoms with Crippen LogP contribution in [0.15, 0.2) is 12.1 Å². The summed E-state index contributed by atoms with van der Waals surface area (Å²) >= 11 is 0. The molecule has 0 amide bonds. The van der Waals surface area contributed by atoms with Gasteiger partial charge in [-0.3, -0.25) is 4.79 Å². The van der Waals surface area contributed by atoms with Gasteiger partial charge in [-0.2, -0.15) is 5.26 Å². The third-order valence-corrected chi connectivity index (χ3v) is 4.23. The predicted molar refractivity (Wildman–Crippen MR) is 81.1 cm³/mol. The molecule has 1 aromatic carbocycles. The standard InChI is InChI=1S/C17H21FN2O2/c1-3-12-13(18)5-6-14(22-15(21)4-2)16(12)17(11-19)7-9-20-10-8-17/h5-6,20H,3-4,7-10H2,1-2H3. The maximum atomic E-state index is 14.2. The molecule has 0 radical (unpaired) electrons. The Hall–Kier alpha value is -1.93. The van der Waals surface area contributed by atoms with Gasteiger partial charge < -0.3 is 10.1 Å². The molecule has 0 spiro atoms. The fourth-order valence-electron chi connectivity index (χ4n) is 3.02. The van der Waals surface area contributed by atoms with Crippen molar-refractivity contribution in [1.29, 1.82) is 5.26 Å². The Balaban J connectivity index is 2.61. The lowest BCUT2D eigenvalue weighted by molar-refractivity contribution is -0.134. The average molecular weight is 304 g/mol. The van der Waals surface area contributed by atoms with E-state index in [4.69, 9.17) is 4.74 Å². The topological polar surface area (TPSA) is 62.1 Å². The summed E-state index contributed by atoms with van der Waals surface area (Å²) in [6.45, 7) is 4.93. The van der Waals surface area contributed by atoms with Gasteiger partial charge in [-0.05, 0) is 50.0 Å². The normalized spacial score (nSPS) is 16.8. The highest BCUT2D eigenvalue weighted by Crippen LogP contribution is 2.42. The number of piperidine rings is 1. The molecule has 1 saturated heterocycles. The van der Waals surface area contributed by atoms with Crippen molar-refractivity contribution in [2.24, 2.45) is 0 Å². The number of esters is 1. The Morgan fingerprint density at radius 2 is 2.09 bits per heavy atom. The first-order chi connectivity index (χ1) is 10.6. The minimum atomic E-state index is -0.804. The van der Waals surface area contributed by atoms with Crippen molar-refractivity contribution in [1.82, 2.24) is 5.32 Å². The van der Waals surface area contributed by atoms with Crippen molar-refractivity contribution in [3.63, 3.8) is 0 Å². The maximum absolute atomic E-state index is 14.2. The zero-order valence-electron chi connectivity index (χ0n) is 13.0. The number of nitriles is 1.